The SMILES string of the molecule is CC[C@H]1CC2C[C@@H](C)CC(C1)c1cc(N(c3ccc(-c4ccccc4)cc3)c3cccc(-c4ccccc4)c3)ccc1C(c1ccccc1)(c1ccccc1)c1ccccc12. The van der Waals surface area contributed by atoms with Gasteiger partial charge in [0, 0.05) is 17.1 Å². The maximum Gasteiger partial charge on any atom is 0.0707 e. The van der Waals surface area contributed by atoms with E-state index in [1.165, 1.54) is 93.4 Å². The van der Waals surface area contributed by atoms with Crippen molar-refractivity contribution in [1.82, 2.24) is 0 Å². The van der Waals surface area contributed by atoms with Crippen LogP contribution in [-0.2, 0) is 5.41 Å². The number of rotatable bonds is 8. The van der Waals surface area contributed by atoms with Crippen LogP contribution >= 0.6 is 0 Å². The summed E-state index contributed by atoms with van der Waals surface area (Å²) < 4.78 is 0. The lowest BCUT2D eigenvalue weighted by atomic mass is 9.58. The molecule has 0 aromatic heterocycles. The Bertz CT molecular complexity index is 2660. The van der Waals surface area contributed by atoms with Crippen molar-refractivity contribution in [3.8, 4) is 22.3 Å². The fourth-order valence-electron chi connectivity index (χ4n) is 11.2. The van der Waals surface area contributed by atoms with Crippen LogP contribution in [0.2, 0.25) is 0 Å². The average Bonchev–Trinajstić information content (AvgIpc) is 3.32. The van der Waals surface area contributed by atoms with Crippen molar-refractivity contribution in [3.05, 3.63) is 246 Å². The normalized spacial score (nSPS) is 19.2. The molecule has 0 aliphatic heterocycles. The summed E-state index contributed by atoms with van der Waals surface area (Å²) in [6.45, 7) is 4.95. The highest BCUT2D eigenvalue weighted by Crippen LogP contribution is 2.56. The minimum Gasteiger partial charge on any atom is -0.310 e. The van der Waals surface area contributed by atoms with Crippen molar-refractivity contribution in [2.24, 2.45) is 11.8 Å². The van der Waals surface area contributed by atoms with E-state index in [9.17, 15) is 0 Å². The molecule has 0 saturated heterocycles. The van der Waals surface area contributed by atoms with Gasteiger partial charge in [-0.2, -0.15) is 0 Å². The van der Waals surface area contributed by atoms with Crippen molar-refractivity contribution < 1.29 is 0 Å². The maximum absolute atomic E-state index is 2.61. The largest absolute Gasteiger partial charge is 0.310 e. The van der Waals surface area contributed by atoms with Gasteiger partial charge in [0.05, 0.1) is 5.41 Å². The van der Waals surface area contributed by atoms with Crippen LogP contribution in [-0.4, -0.2) is 0 Å². The first-order chi connectivity index (χ1) is 30.1. The molecule has 61 heavy (non-hydrogen) atoms. The van der Waals surface area contributed by atoms with E-state index in [0.717, 1.165) is 11.4 Å². The molecule has 8 aromatic rings. The summed E-state index contributed by atoms with van der Waals surface area (Å²) >= 11 is 0. The summed E-state index contributed by atoms with van der Waals surface area (Å²) in [5, 5.41) is 0. The molecule has 3 aliphatic rings. The molecule has 300 valence electrons. The average molecular weight is 790 g/mol. The fraction of sp³-hybridized carbons (Fsp3) is 0.200. The minimum absolute atomic E-state index is 0.408. The van der Waals surface area contributed by atoms with E-state index in [-0.39, 0.29) is 0 Å². The number of anilines is 3. The zero-order valence-electron chi connectivity index (χ0n) is 35.5. The second kappa shape index (κ2) is 16.9. The van der Waals surface area contributed by atoms with Gasteiger partial charge in [0.15, 0.2) is 0 Å². The van der Waals surface area contributed by atoms with Gasteiger partial charge in [-0.15, -0.1) is 0 Å². The maximum atomic E-state index is 2.61. The Hall–Kier alpha value is -6.44. The Kier molecular flexibility index (Phi) is 10.7. The predicted molar refractivity (Wildman–Crippen MR) is 257 cm³/mol. The van der Waals surface area contributed by atoms with E-state index in [0.29, 0.717) is 23.7 Å². The van der Waals surface area contributed by atoms with Crippen LogP contribution in [0.1, 0.15) is 91.2 Å². The molecule has 3 aliphatic carbocycles. The molecular weight excluding hydrogens is 735 g/mol. The third-order valence-electron chi connectivity index (χ3n) is 14.0. The van der Waals surface area contributed by atoms with Crippen LogP contribution in [0.5, 0.6) is 0 Å². The van der Waals surface area contributed by atoms with Crippen LogP contribution in [0.25, 0.3) is 22.3 Å². The lowest BCUT2D eigenvalue weighted by Gasteiger charge is -2.45. The smallest absolute Gasteiger partial charge is 0.0707 e. The van der Waals surface area contributed by atoms with Crippen molar-refractivity contribution in [3.63, 3.8) is 0 Å². The number of hydrogen-bond donors (Lipinski definition) is 0. The zero-order valence-corrected chi connectivity index (χ0v) is 35.5. The number of fused-ring (bicyclic) bond motifs is 4. The lowest BCUT2D eigenvalue weighted by Crippen LogP contribution is -2.36. The molecule has 8 aromatic carbocycles. The van der Waals surface area contributed by atoms with Gasteiger partial charge in [-0.25, -0.2) is 0 Å². The monoisotopic (exact) mass is 789 g/mol. The Balaban J connectivity index is 1.26. The van der Waals surface area contributed by atoms with Crippen LogP contribution in [0, 0.1) is 11.8 Å². The molecule has 0 spiro atoms. The standard InChI is InChI=1S/C60H55N/c1-3-44-39-49-37-43(2)38-50(40-44)57-42-55(35-36-59(57)60(51-24-12-6-13-25-51,52-26-14-7-15-27-52)58-30-17-16-29-56(49)58)61(53-33-31-47(32-34-53)45-19-8-4-9-20-45)54-28-18-23-48(41-54)46-21-10-5-11-22-46/h4-36,41-44,49-50H,3,37-40H2,1-2H3/t43-,44+,49?,50?/m1/s1. The van der Waals surface area contributed by atoms with Gasteiger partial charge in [0.2, 0.25) is 0 Å². The Morgan fingerprint density at radius 3 is 1.51 bits per heavy atom. The highest BCUT2D eigenvalue weighted by molar-refractivity contribution is 5.82. The van der Waals surface area contributed by atoms with Crippen LogP contribution in [0.4, 0.5) is 17.1 Å². The van der Waals surface area contributed by atoms with Crippen LogP contribution in [0.15, 0.2) is 212 Å². The van der Waals surface area contributed by atoms with Crippen molar-refractivity contribution >= 4 is 17.1 Å². The van der Waals surface area contributed by atoms with Crippen LogP contribution in [0.3, 0.4) is 0 Å². The Labute approximate surface area is 363 Å². The predicted octanol–water partition coefficient (Wildman–Crippen LogP) is 16.3. The fourth-order valence-corrected chi connectivity index (χ4v) is 11.2. The molecule has 1 heteroatoms. The van der Waals surface area contributed by atoms with Gasteiger partial charge < -0.3 is 4.90 Å². The van der Waals surface area contributed by atoms with Gasteiger partial charge in [-0.05, 0) is 141 Å². The first-order valence-corrected chi connectivity index (χ1v) is 22.6. The van der Waals surface area contributed by atoms with Crippen molar-refractivity contribution in [1.29, 1.82) is 0 Å². The van der Waals surface area contributed by atoms with Gasteiger partial charge in [0.25, 0.3) is 0 Å². The molecule has 4 atom stereocenters. The topological polar surface area (TPSA) is 3.24 Å². The third kappa shape index (κ3) is 7.31. The highest BCUT2D eigenvalue weighted by atomic mass is 15.1. The van der Waals surface area contributed by atoms with E-state index >= 15 is 0 Å². The first-order valence-electron chi connectivity index (χ1n) is 22.6. The molecule has 0 N–H and O–H groups in total. The van der Waals surface area contributed by atoms with E-state index in [2.05, 4.69) is 231 Å². The van der Waals surface area contributed by atoms with E-state index in [4.69, 9.17) is 0 Å². The van der Waals surface area contributed by atoms with Crippen molar-refractivity contribution in [2.45, 2.75) is 63.2 Å². The quantitative estimate of drug-likeness (QED) is 0.148. The second-order valence-electron chi connectivity index (χ2n) is 17.7. The molecule has 0 heterocycles. The summed E-state index contributed by atoms with van der Waals surface area (Å²) in [4.78, 5) is 2.50. The first kappa shape index (κ1) is 38.7. The number of benzene rings is 8. The van der Waals surface area contributed by atoms with Crippen LogP contribution < -0.4 is 4.90 Å². The van der Waals surface area contributed by atoms with E-state index in [1.807, 2.05) is 0 Å². The highest BCUT2D eigenvalue weighted by Gasteiger charge is 2.45. The number of nitrogens with zero attached hydrogens (tertiary/aromatic N) is 1. The van der Waals surface area contributed by atoms with Gasteiger partial charge >= 0.3 is 0 Å². The van der Waals surface area contributed by atoms with E-state index < -0.39 is 5.41 Å². The van der Waals surface area contributed by atoms with Crippen molar-refractivity contribution in [2.75, 3.05) is 4.90 Å². The Morgan fingerprint density at radius 1 is 0.410 bits per heavy atom. The molecule has 2 unspecified atom stereocenters. The third-order valence-corrected chi connectivity index (χ3v) is 14.0. The molecule has 1 saturated carbocycles. The summed E-state index contributed by atoms with van der Waals surface area (Å²) in [5.74, 6) is 2.17. The van der Waals surface area contributed by atoms with E-state index in [1.54, 1.807) is 0 Å². The molecule has 11 rings (SSSR count). The summed E-state index contributed by atoms with van der Waals surface area (Å²) in [7, 11) is 0. The van der Waals surface area contributed by atoms with Gasteiger partial charge in [-0.1, -0.05) is 196 Å². The molecule has 1 fully saturated rings. The summed E-state index contributed by atoms with van der Waals surface area (Å²) in [5.41, 5.74) is 16.3. The zero-order chi connectivity index (χ0) is 41.2. The summed E-state index contributed by atoms with van der Waals surface area (Å²) in [6, 6.07) is 79.8. The molecular formula is C60H55N. The molecule has 2 bridgehead atoms. The summed E-state index contributed by atoms with van der Waals surface area (Å²) in [6.07, 6.45) is 6.03. The Morgan fingerprint density at radius 2 is 0.885 bits per heavy atom. The van der Waals surface area contributed by atoms with Gasteiger partial charge in [0.1, 0.15) is 0 Å². The second-order valence-corrected chi connectivity index (χ2v) is 17.7. The molecule has 0 amide bonds. The molecule has 1 nitrogen and oxygen atoms in total. The number of hydrogen-bond acceptors (Lipinski definition) is 1. The molecule has 0 radical (unpaired) electrons. The minimum atomic E-state index is -0.515. The lowest BCUT2D eigenvalue weighted by molar-refractivity contribution is 0.267. The van der Waals surface area contributed by atoms with Gasteiger partial charge in [-0.3, -0.25) is 0 Å².